The van der Waals surface area contributed by atoms with Crippen LogP contribution in [0.5, 0.6) is 0 Å². The van der Waals surface area contributed by atoms with E-state index in [4.69, 9.17) is 0 Å². The van der Waals surface area contributed by atoms with Crippen LogP contribution < -0.4 is 5.32 Å². The van der Waals surface area contributed by atoms with Gasteiger partial charge in [-0.1, -0.05) is 20.8 Å². The highest BCUT2D eigenvalue weighted by Crippen LogP contribution is 2.16. The summed E-state index contributed by atoms with van der Waals surface area (Å²) in [5, 5.41) is 4.12. The van der Waals surface area contributed by atoms with E-state index in [0.717, 1.165) is 25.1 Å². The van der Waals surface area contributed by atoms with E-state index in [1.54, 1.807) is 0 Å². The topological polar surface area (TPSA) is 46.2 Å². The zero-order valence-corrected chi connectivity index (χ0v) is 13.2. The van der Waals surface area contributed by atoms with Gasteiger partial charge in [-0.15, -0.1) is 0 Å². The van der Waals surface area contributed by atoms with Gasteiger partial charge < -0.3 is 5.32 Å². The predicted octanol–water partition coefficient (Wildman–Crippen LogP) is 2.32. The summed E-state index contributed by atoms with van der Waals surface area (Å²) in [6.07, 6.45) is 4.21. The Morgan fingerprint density at radius 2 is 1.94 bits per heavy atom. The van der Waals surface area contributed by atoms with Gasteiger partial charge >= 0.3 is 0 Å². The third-order valence-corrected chi connectivity index (χ3v) is 5.24. The van der Waals surface area contributed by atoms with E-state index in [0.29, 0.717) is 17.0 Å². The van der Waals surface area contributed by atoms with E-state index in [2.05, 4.69) is 26.1 Å². The van der Waals surface area contributed by atoms with Crippen molar-refractivity contribution >= 4 is 21.6 Å². The number of nitrogens with one attached hydrogen (secondary N) is 1. The minimum atomic E-state index is -2.81. The van der Waals surface area contributed by atoms with Crippen molar-refractivity contribution in [2.75, 3.05) is 24.3 Å². The Morgan fingerprint density at radius 1 is 1.29 bits per heavy atom. The van der Waals surface area contributed by atoms with Crippen LogP contribution in [0.3, 0.4) is 0 Å². The first-order chi connectivity index (χ1) is 7.89. The molecule has 17 heavy (non-hydrogen) atoms. The smallest absolute Gasteiger partial charge is 0.147 e. The molecule has 0 amide bonds. The van der Waals surface area contributed by atoms with Gasteiger partial charge in [-0.2, -0.15) is 11.8 Å². The molecule has 2 unspecified atom stereocenters. The average molecular weight is 281 g/mol. The lowest BCUT2D eigenvalue weighted by Gasteiger charge is -2.19. The molecule has 0 aromatic heterocycles. The fourth-order valence-electron chi connectivity index (χ4n) is 1.52. The number of thioether (sulfide) groups is 1. The van der Waals surface area contributed by atoms with Gasteiger partial charge in [0.15, 0.2) is 0 Å². The molecule has 0 radical (unpaired) electrons. The predicted molar refractivity (Wildman–Crippen MR) is 78.6 cm³/mol. The zero-order chi connectivity index (χ0) is 13.3. The van der Waals surface area contributed by atoms with Crippen molar-refractivity contribution in [2.45, 2.75) is 51.3 Å². The lowest BCUT2D eigenvalue weighted by Crippen LogP contribution is -2.32. The summed E-state index contributed by atoms with van der Waals surface area (Å²) < 4.78 is 22.1. The van der Waals surface area contributed by atoms with Crippen LogP contribution in [0, 0.1) is 0 Å². The van der Waals surface area contributed by atoms with Crippen molar-refractivity contribution in [1.29, 1.82) is 0 Å². The molecular weight excluding hydrogens is 254 g/mol. The van der Waals surface area contributed by atoms with Crippen molar-refractivity contribution in [1.82, 2.24) is 5.32 Å². The van der Waals surface area contributed by atoms with Gasteiger partial charge in [0.05, 0.1) is 0 Å². The highest BCUT2D eigenvalue weighted by Gasteiger charge is 2.11. The first-order valence-corrected chi connectivity index (χ1v) is 9.52. The Bertz CT molecular complexity index is 278. The SMILES string of the molecule is CCNC(CCCS(C)(=O)=O)CSC(C)CC. The van der Waals surface area contributed by atoms with Gasteiger partial charge in [-0.3, -0.25) is 0 Å². The van der Waals surface area contributed by atoms with Gasteiger partial charge in [0.2, 0.25) is 0 Å². The minimum Gasteiger partial charge on any atom is -0.313 e. The van der Waals surface area contributed by atoms with Gasteiger partial charge in [0.1, 0.15) is 9.84 Å². The lowest BCUT2D eigenvalue weighted by atomic mass is 10.2. The van der Waals surface area contributed by atoms with Crippen LogP contribution >= 0.6 is 11.8 Å². The number of hydrogen-bond donors (Lipinski definition) is 1. The molecule has 1 N–H and O–H groups in total. The van der Waals surface area contributed by atoms with E-state index in [1.807, 2.05) is 11.8 Å². The molecule has 0 aromatic rings. The van der Waals surface area contributed by atoms with Crippen molar-refractivity contribution < 1.29 is 8.42 Å². The molecule has 0 aliphatic rings. The standard InChI is InChI=1S/C12H27NO2S2/c1-5-11(3)16-10-12(13-6-2)8-7-9-17(4,14)15/h11-13H,5-10H2,1-4H3. The molecule has 0 spiro atoms. The summed E-state index contributed by atoms with van der Waals surface area (Å²) >= 11 is 1.97. The molecule has 0 bridgehead atoms. The van der Waals surface area contributed by atoms with Crippen molar-refractivity contribution in [3.05, 3.63) is 0 Å². The number of rotatable bonds is 10. The van der Waals surface area contributed by atoms with Crippen LogP contribution in [0.2, 0.25) is 0 Å². The first kappa shape index (κ1) is 17.3. The van der Waals surface area contributed by atoms with Crippen LogP contribution in [-0.2, 0) is 9.84 Å². The fraction of sp³-hybridized carbons (Fsp3) is 1.00. The lowest BCUT2D eigenvalue weighted by molar-refractivity contribution is 0.527. The van der Waals surface area contributed by atoms with Gasteiger partial charge in [-0.25, -0.2) is 8.42 Å². The maximum absolute atomic E-state index is 11.1. The molecule has 5 heteroatoms. The van der Waals surface area contributed by atoms with Crippen LogP contribution in [0.1, 0.15) is 40.0 Å². The van der Waals surface area contributed by atoms with E-state index in [1.165, 1.54) is 12.7 Å². The third kappa shape index (κ3) is 11.1. The summed E-state index contributed by atoms with van der Waals surface area (Å²) in [6, 6.07) is 0.445. The molecule has 0 saturated heterocycles. The summed E-state index contributed by atoms with van der Waals surface area (Å²) in [5.74, 6) is 1.38. The molecule has 0 rings (SSSR count). The molecule has 0 saturated carbocycles. The Balaban J connectivity index is 3.89. The molecule has 0 fully saturated rings. The van der Waals surface area contributed by atoms with E-state index in [-0.39, 0.29) is 0 Å². The normalized spacial score (nSPS) is 15.8. The molecule has 0 aliphatic heterocycles. The summed E-state index contributed by atoms with van der Waals surface area (Å²) in [6.45, 7) is 7.48. The molecule has 0 aromatic carbocycles. The molecular formula is C12H27NO2S2. The third-order valence-electron chi connectivity index (χ3n) is 2.72. The Morgan fingerprint density at radius 3 is 2.41 bits per heavy atom. The minimum absolute atomic E-state index is 0.308. The van der Waals surface area contributed by atoms with Crippen LogP contribution in [-0.4, -0.2) is 44.0 Å². The summed E-state index contributed by atoms with van der Waals surface area (Å²) in [7, 11) is -2.81. The maximum Gasteiger partial charge on any atom is 0.147 e. The number of hydrogen-bond acceptors (Lipinski definition) is 4. The Kier molecular flexibility index (Phi) is 9.37. The van der Waals surface area contributed by atoms with Crippen LogP contribution in [0.15, 0.2) is 0 Å². The fourth-order valence-corrected chi connectivity index (χ4v) is 3.30. The molecule has 2 atom stereocenters. The Labute approximate surface area is 111 Å². The number of sulfone groups is 1. The average Bonchev–Trinajstić information content (AvgIpc) is 2.23. The summed E-state index contributed by atoms with van der Waals surface area (Å²) in [5.41, 5.74) is 0. The van der Waals surface area contributed by atoms with Gasteiger partial charge in [0, 0.05) is 29.1 Å². The largest absolute Gasteiger partial charge is 0.313 e. The zero-order valence-electron chi connectivity index (χ0n) is 11.5. The first-order valence-electron chi connectivity index (χ1n) is 6.41. The molecule has 0 aliphatic carbocycles. The molecule has 104 valence electrons. The second-order valence-electron chi connectivity index (χ2n) is 4.58. The monoisotopic (exact) mass is 281 g/mol. The second-order valence-corrected chi connectivity index (χ2v) is 8.31. The second kappa shape index (κ2) is 9.22. The summed E-state index contributed by atoms with van der Waals surface area (Å²) in [4.78, 5) is 0. The maximum atomic E-state index is 11.1. The highest BCUT2D eigenvalue weighted by atomic mass is 32.2. The molecule has 0 heterocycles. The van der Waals surface area contributed by atoms with Crippen molar-refractivity contribution in [2.24, 2.45) is 0 Å². The van der Waals surface area contributed by atoms with Gasteiger partial charge in [0.25, 0.3) is 0 Å². The van der Waals surface area contributed by atoms with Crippen molar-refractivity contribution in [3.8, 4) is 0 Å². The molecule has 3 nitrogen and oxygen atoms in total. The van der Waals surface area contributed by atoms with E-state index < -0.39 is 9.84 Å². The van der Waals surface area contributed by atoms with Crippen LogP contribution in [0.25, 0.3) is 0 Å². The van der Waals surface area contributed by atoms with E-state index in [9.17, 15) is 8.42 Å². The Hall–Kier alpha value is 0.260. The van der Waals surface area contributed by atoms with Crippen molar-refractivity contribution in [3.63, 3.8) is 0 Å². The van der Waals surface area contributed by atoms with Crippen LogP contribution in [0.4, 0.5) is 0 Å². The van der Waals surface area contributed by atoms with E-state index >= 15 is 0 Å². The highest BCUT2D eigenvalue weighted by molar-refractivity contribution is 7.99. The quantitative estimate of drug-likeness (QED) is 0.667. The van der Waals surface area contributed by atoms with Gasteiger partial charge in [-0.05, 0) is 25.8 Å².